The molecule has 92 valence electrons. The van der Waals surface area contributed by atoms with E-state index in [-0.39, 0.29) is 6.29 Å². The van der Waals surface area contributed by atoms with E-state index in [1.165, 1.54) is 6.42 Å². The van der Waals surface area contributed by atoms with Gasteiger partial charge in [-0.1, -0.05) is 5.92 Å². The van der Waals surface area contributed by atoms with Gasteiger partial charge in [-0.25, -0.2) is 0 Å². The minimum absolute atomic E-state index is 0.0324. The fourth-order valence-electron chi connectivity index (χ4n) is 1.43. The second-order valence-electron chi connectivity index (χ2n) is 3.54. The zero-order valence-electron chi connectivity index (χ0n) is 9.65. The van der Waals surface area contributed by atoms with E-state index >= 15 is 0 Å². The minimum Gasteiger partial charge on any atom is -0.377 e. The van der Waals surface area contributed by atoms with Crippen molar-refractivity contribution in [2.24, 2.45) is 0 Å². The molecule has 0 aromatic carbocycles. The Morgan fingerprint density at radius 2 is 1.94 bits per heavy atom. The van der Waals surface area contributed by atoms with Crippen LogP contribution >= 0.6 is 0 Å². The van der Waals surface area contributed by atoms with E-state index in [0.717, 1.165) is 19.4 Å². The van der Waals surface area contributed by atoms with E-state index in [0.29, 0.717) is 33.0 Å². The standard InChI is InChI=1S/C12H20O4/c1-2-6-13-8-9-14-10-11-16-12-5-3-4-7-15-12/h1,12H,3-11H2. The van der Waals surface area contributed by atoms with Gasteiger partial charge in [0.2, 0.25) is 0 Å². The van der Waals surface area contributed by atoms with Crippen molar-refractivity contribution in [2.75, 3.05) is 39.6 Å². The second-order valence-corrected chi connectivity index (χ2v) is 3.54. The first-order chi connectivity index (χ1) is 7.93. The lowest BCUT2D eigenvalue weighted by Gasteiger charge is -2.22. The molecule has 1 unspecified atom stereocenters. The van der Waals surface area contributed by atoms with Gasteiger partial charge >= 0.3 is 0 Å². The molecule has 0 N–H and O–H groups in total. The van der Waals surface area contributed by atoms with Crippen LogP contribution in [0.4, 0.5) is 0 Å². The third kappa shape index (κ3) is 6.81. The lowest BCUT2D eigenvalue weighted by molar-refractivity contribution is -0.169. The fourth-order valence-corrected chi connectivity index (χ4v) is 1.43. The van der Waals surface area contributed by atoms with Gasteiger partial charge in [-0.2, -0.15) is 0 Å². The molecule has 0 aromatic rings. The van der Waals surface area contributed by atoms with Gasteiger partial charge in [0.05, 0.1) is 26.4 Å². The van der Waals surface area contributed by atoms with E-state index in [9.17, 15) is 0 Å². The Balaban J connectivity index is 1.79. The maximum absolute atomic E-state index is 5.49. The molecule has 0 aliphatic carbocycles. The molecule has 1 heterocycles. The van der Waals surface area contributed by atoms with Crippen LogP contribution in [0.1, 0.15) is 19.3 Å². The van der Waals surface area contributed by atoms with Crippen LogP contribution < -0.4 is 0 Å². The second kappa shape index (κ2) is 9.61. The van der Waals surface area contributed by atoms with Crippen LogP contribution in [0, 0.1) is 12.3 Å². The molecule has 0 aromatic heterocycles. The molecule has 1 atom stereocenters. The lowest BCUT2D eigenvalue weighted by atomic mass is 10.2. The van der Waals surface area contributed by atoms with Gasteiger partial charge in [0.15, 0.2) is 6.29 Å². The van der Waals surface area contributed by atoms with Crippen LogP contribution in [0.15, 0.2) is 0 Å². The number of hydrogen-bond donors (Lipinski definition) is 0. The van der Waals surface area contributed by atoms with E-state index in [1.54, 1.807) is 0 Å². The van der Waals surface area contributed by atoms with E-state index in [2.05, 4.69) is 5.92 Å². The summed E-state index contributed by atoms with van der Waals surface area (Å²) in [7, 11) is 0. The Morgan fingerprint density at radius 3 is 2.69 bits per heavy atom. The summed E-state index contributed by atoms with van der Waals surface area (Å²) in [5, 5.41) is 0. The molecule has 4 heteroatoms. The molecule has 1 rings (SSSR count). The third-order valence-corrected chi connectivity index (χ3v) is 2.23. The van der Waals surface area contributed by atoms with Crippen LogP contribution in [0.2, 0.25) is 0 Å². The van der Waals surface area contributed by atoms with Gasteiger partial charge in [-0.3, -0.25) is 0 Å². The molecule has 1 aliphatic rings. The molecule has 1 saturated heterocycles. The normalized spacial score (nSPS) is 20.6. The van der Waals surface area contributed by atoms with Crippen LogP contribution in [0.5, 0.6) is 0 Å². The molecule has 0 spiro atoms. The van der Waals surface area contributed by atoms with Crippen LogP contribution in [0.25, 0.3) is 0 Å². The Labute approximate surface area is 97.2 Å². The topological polar surface area (TPSA) is 36.9 Å². The van der Waals surface area contributed by atoms with Crippen molar-refractivity contribution in [3.05, 3.63) is 0 Å². The van der Waals surface area contributed by atoms with Crippen molar-refractivity contribution in [3.63, 3.8) is 0 Å². The Bertz CT molecular complexity index is 194. The molecule has 16 heavy (non-hydrogen) atoms. The molecule has 0 bridgehead atoms. The number of hydrogen-bond acceptors (Lipinski definition) is 4. The maximum Gasteiger partial charge on any atom is 0.157 e. The van der Waals surface area contributed by atoms with Crippen molar-refractivity contribution in [2.45, 2.75) is 25.6 Å². The molecule has 0 radical (unpaired) electrons. The molecule has 0 amide bonds. The first-order valence-corrected chi connectivity index (χ1v) is 5.75. The van der Waals surface area contributed by atoms with Crippen molar-refractivity contribution in [1.82, 2.24) is 0 Å². The zero-order chi connectivity index (χ0) is 11.5. The Morgan fingerprint density at radius 1 is 1.12 bits per heavy atom. The van der Waals surface area contributed by atoms with Gasteiger partial charge in [-0.05, 0) is 19.3 Å². The van der Waals surface area contributed by atoms with Gasteiger partial charge < -0.3 is 18.9 Å². The summed E-state index contributed by atoms with van der Waals surface area (Å²) in [4.78, 5) is 0. The molecular formula is C12H20O4. The predicted molar refractivity (Wildman–Crippen MR) is 60.0 cm³/mol. The number of terminal acetylenes is 1. The highest BCUT2D eigenvalue weighted by molar-refractivity contribution is 4.82. The van der Waals surface area contributed by atoms with E-state index < -0.39 is 0 Å². The molecule has 1 fully saturated rings. The quantitative estimate of drug-likeness (QED) is 0.462. The summed E-state index contributed by atoms with van der Waals surface area (Å²) in [6, 6.07) is 0. The summed E-state index contributed by atoms with van der Waals surface area (Å²) in [5.74, 6) is 2.39. The average molecular weight is 228 g/mol. The molecule has 1 aliphatic heterocycles. The Kier molecular flexibility index (Phi) is 8.09. The minimum atomic E-state index is -0.0324. The third-order valence-electron chi connectivity index (χ3n) is 2.23. The monoisotopic (exact) mass is 228 g/mol. The van der Waals surface area contributed by atoms with Gasteiger partial charge in [0, 0.05) is 6.61 Å². The summed E-state index contributed by atoms with van der Waals surface area (Å²) in [6.07, 6.45) is 8.31. The van der Waals surface area contributed by atoms with Gasteiger partial charge in [-0.15, -0.1) is 6.42 Å². The summed E-state index contributed by atoms with van der Waals surface area (Å²) in [6.45, 7) is 3.38. The summed E-state index contributed by atoms with van der Waals surface area (Å²) in [5.41, 5.74) is 0. The van der Waals surface area contributed by atoms with Crippen molar-refractivity contribution < 1.29 is 18.9 Å². The van der Waals surface area contributed by atoms with Gasteiger partial charge in [0.25, 0.3) is 0 Å². The first kappa shape index (κ1) is 13.5. The predicted octanol–water partition coefficient (Wildman–Crippen LogP) is 1.20. The largest absolute Gasteiger partial charge is 0.377 e. The highest BCUT2D eigenvalue weighted by Crippen LogP contribution is 2.13. The maximum atomic E-state index is 5.49. The highest BCUT2D eigenvalue weighted by Gasteiger charge is 2.13. The van der Waals surface area contributed by atoms with Crippen LogP contribution in [-0.2, 0) is 18.9 Å². The Hall–Kier alpha value is -0.600. The smallest absolute Gasteiger partial charge is 0.157 e. The first-order valence-electron chi connectivity index (χ1n) is 5.75. The highest BCUT2D eigenvalue weighted by atomic mass is 16.7. The zero-order valence-corrected chi connectivity index (χ0v) is 9.65. The number of ether oxygens (including phenoxy) is 4. The van der Waals surface area contributed by atoms with Crippen molar-refractivity contribution in [1.29, 1.82) is 0 Å². The average Bonchev–Trinajstić information content (AvgIpc) is 2.34. The van der Waals surface area contributed by atoms with E-state index in [4.69, 9.17) is 25.4 Å². The van der Waals surface area contributed by atoms with Crippen LogP contribution in [0.3, 0.4) is 0 Å². The van der Waals surface area contributed by atoms with Crippen molar-refractivity contribution in [3.8, 4) is 12.3 Å². The van der Waals surface area contributed by atoms with Crippen molar-refractivity contribution >= 4 is 0 Å². The van der Waals surface area contributed by atoms with Crippen LogP contribution in [-0.4, -0.2) is 45.9 Å². The molecule has 0 saturated carbocycles. The molecular weight excluding hydrogens is 208 g/mol. The lowest BCUT2D eigenvalue weighted by Crippen LogP contribution is -2.24. The van der Waals surface area contributed by atoms with Gasteiger partial charge in [0.1, 0.15) is 6.61 Å². The molecule has 4 nitrogen and oxygen atoms in total. The SMILES string of the molecule is C#CCOCCOCCOC1CCCCO1. The fraction of sp³-hybridized carbons (Fsp3) is 0.833. The summed E-state index contributed by atoms with van der Waals surface area (Å²) < 4.78 is 21.3. The number of rotatable bonds is 8. The van der Waals surface area contributed by atoms with E-state index in [1.807, 2.05) is 0 Å². The summed E-state index contributed by atoms with van der Waals surface area (Å²) >= 11 is 0.